The van der Waals surface area contributed by atoms with Gasteiger partial charge in [-0.2, -0.15) is 0 Å². The van der Waals surface area contributed by atoms with Crippen molar-refractivity contribution >= 4 is 23.0 Å². The third kappa shape index (κ3) is 3.13. The van der Waals surface area contributed by atoms with E-state index in [4.69, 9.17) is 9.47 Å². The summed E-state index contributed by atoms with van der Waals surface area (Å²) in [5, 5.41) is 21.8. The number of aromatic hydroxyl groups is 2. The van der Waals surface area contributed by atoms with E-state index in [0.29, 0.717) is 11.1 Å². The third-order valence-electron chi connectivity index (χ3n) is 4.26. The Morgan fingerprint density at radius 3 is 2.00 bits per heavy atom. The molecular formula is C20H19NO6. The van der Waals surface area contributed by atoms with Crippen LogP contribution in [0.1, 0.15) is 18.1 Å². The van der Waals surface area contributed by atoms with Crippen molar-refractivity contribution in [3.05, 3.63) is 59.7 Å². The van der Waals surface area contributed by atoms with Gasteiger partial charge in [0.1, 0.15) is 11.5 Å². The first-order chi connectivity index (χ1) is 12.9. The molecule has 140 valence electrons. The molecule has 1 aliphatic rings. The maximum atomic E-state index is 12.9. The van der Waals surface area contributed by atoms with Crippen LogP contribution in [0.4, 0.5) is 0 Å². The predicted molar refractivity (Wildman–Crippen MR) is 97.5 cm³/mol. The number of methoxy groups -OCH3 is 1. The summed E-state index contributed by atoms with van der Waals surface area (Å²) in [5.41, 5.74) is -0.302. The Labute approximate surface area is 155 Å². The summed E-state index contributed by atoms with van der Waals surface area (Å²) >= 11 is 0. The smallest absolute Gasteiger partial charge is 0.364 e. The van der Waals surface area contributed by atoms with E-state index in [1.165, 1.54) is 31.4 Å². The largest absolute Gasteiger partial charge is 0.508 e. The van der Waals surface area contributed by atoms with E-state index in [2.05, 4.69) is 5.32 Å². The lowest BCUT2D eigenvalue weighted by Gasteiger charge is -2.29. The minimum atomic E-state index is -1.81. The molecule has 2 aromatic rings. The Kier molecular flexibility index (Phi) is 4.87. The molecule has 0 radical (unpaired) electrons. The molecule has 0 aliphatic carbocycles. The van der Waals surface area contributed by atoms with Crippen molar-refractivity contribution in [2.45, 2.75) is 12.6 Å². The van der Waals surface area contributed by atoms with Gasteiger partial charge in [0.25, 0.3) is 11.6 Å². The van der Waals surface area contributed by atoms with Crippen molar-refractivity contribution in [3.8, 4) is 11.5 Å². The van der Waals surface area contributed by atoms with Crippen LogP contribution in [-0.2, 0) is 19.1 Å². The Hall–Kier alpha value is -3.32. The number of benzene rings is 2. The van der Waals surface area contributed by atoms with Crippen LogP contribution >= 0.6 is 0 Å². The normalized spacial score (nSPS) is 19.1. The molecule has 7 nitrogen and oxygen atoms in total. The van der Waals surface area contributed by atoms with E-state index in [0.717, 1.165) is 0 Å². The quantitative estimate of drug-likeness (QED) is 0.697. The van der Waals surface area contributed by atoms with Gasteiger partial charge in [0.15, 0.2) is 0 Å². The average Bonchev–Trinajstić information content (AvgIpc) is 2.96. The SMILES string of the molecule is CCOC1(C(=O)OC)NC(=O)C(c2ccc(O)cc2)=C1c1ccc(O)cc1. The molecule has 1 heterocycles. The van der Waals surface area contributed by atoms with Crippen LogP contribution in [0.3, 0.4) is 0 Å². The fourth-order valence-electron chi connectivity index (χ4n) is 3.13. The lowest BCUT2D eigenvalue weighted by molar-refractivity contribution is -0.165. The van der Waals surface area contributed by atoms with Crippen LogP contribution in [0.15, 0.2) is 48.5 Å². The highest BCUT2D eigenvalue weighted by molar-refractivity contribution is 6.34. The highest BCUT2D eigenvalue weighted by Crippen LogP contribution is 2.42. The monoisotopic (exact) mass is 369 g/mol. The molecule has 0 spiro atoms. The Bertz CT molecular complexity index is 901. The topological polar surface area (TPSA) is 105 Å². The number of hydrogen-bond acceptors (Lipinski definition) is 6. The first-order valence-corrected chi connectivity index (χ1v) is 8.31. The van der Waals surface area contributed by atoms with Crippen molar-refractivity contribution in [2.75, 3.05) is 13.7 Å². The minimum Gasteiger partial charge on any atom is -0.508 e. The van der Waals surface area contributed by atoms with Crippen molar-refractivity contribution in [1.29, 1.82) is 0 Å². The highest BCUT2D eigenvalue weighted by atomic mass is 16.6. The maximum Gasteiger partial charge on any atom is 0.364 e. The molecule has 7 heteroatoms. The Balaban J connectivity index is 2.32. The summed E-state index contributed by atoms with van der Waals surface area (Å²) in [5.74, 6) is -1.19. The summed E-state index contributed by atoms with van der Waals surface area (Å²) < 4.78 is 10.6. The molecule has 0 fully saturated rings. The molecule has 1 atom stereocenters. The van der Waals surface area contributed by atoms with Crippen LogP contribution in [0, 0.1) is 0 Å². The van der Waals surface area contributed by atoms with E-state index in [1.54, 1.807) is 31.2 Å². The summed E-state index contributed by atoms with van der Waals surface area (Å²) in [7, 11) is 1.21. The molecule has 0 aromatic heterocycles. The fourth-order valence-corrected chi connectivity index (χ4v) is 3.13. The van der Waals surface area contributed by atoms with Crippen LogP contribution in [0.2, 0.25) is 0 Å². The summed E-state index contributed by atoms with van der Waals surface area (Å²) in [6.45, 7) is 1.84. The lowest BCUT2D eigenvalue weighted by Crippen LogP contribution is -2.54. The zero-order valence-corrected chi connectivity index (χ0v) is 14.9. The lowest BCUT2D eigenvalue weighted by atomic mass is 9.90. The van der Waals surface area contributed by atoms with Crippen molar-refractivity contribution in [3.63, 3.8) is 0 Å². The molecule has 3 rings (SSSR count). The second-order valence-electron chi connectivity index (χ2n) is 5.90. The molecule has 0 saturated carbocycles. The Morgan fingerprint density at radius 1 is 1.00 bits per heavy atom. The number of ether oxygens (including phenoxy) is 2. The number of amides is 1. The zero-order valence-electron chi connectivity index (χ0n) is 14.9. The standard InChI is InChI=1S/C20H19NO6/c1-3-27-20(19(25)26-2)17(13-6-10-15(23)11-7-13)16(18(24)21-20)12-4-8-14(22)9-5-12/h4-11,22-23H,3H2,1-2H3,(H,21,24). The van der Waals surface area contributed by atoms with Crippen LogP contribution in [0.5, 0.6) is 11.5 Å². The summed E-state index contributed by atoms with van der Waals surface area (Å²) in [4.78, 5) is 25.5. The van der Waals surface area contributed by atoms with E-state index in [-0.39, 0.29) is 29.3 Å². The highest BCUT2D eigenvalue weighted by Gasteiger charge is 2.54. The minimum absolute atomic E-state index is 0.0443. The van der Waals surface area contributed by atoms with E-state index in [9.17, 15) is 19.8 Å². The number of carbonyl (C=O) groups is 2. The summed E-state index contributed by atoms with van der Waals surface area (Å²) in [6.07, 6.45) is 0. The molecule has 0 bridgehead atoms. The molecule has 3 N–H and O–H groups in total. The molecule has 1 unspecified atom stereocenters. The number of phenolic OH excluding ortho intramolecular Hbond substituents is 2. The zero-order chi connectivity index (χ0) is 19.6. The fraction of sp³-hybridized carbons (Fsp3) is 0.200. The number of rotatable bonds is 5. The van der Waals surface area contributed by atoms with Crippen molar-refractivity contribution in [1.82, 2.24) is 5.32 Å². The van der Waals surface area contributed by atoms with E-state index < -0.39 is 17.6 Å². The number of nitrogens with one attached hydrogen (secondary N) is 1. The number of esters is 1. The van der Waals surface area contributed by atoms with Gasteiger partial charge in [0.05, 0.1) is 12.7 Å². The number of hydrogen-bond donors (Lipinski definition) is 3. The molecular weight excluding hydrogens is 350 g/mol. The van der Waals surface area contributed by atoms with Gasteiger partial charge in [-0.15, -0.1) is 0 Å². The van der Waals surface area contributed by atoms with Gasteiger partial charge in [0, 0.05) is 12.2 Å². The van der Waals surface area contributed by atoms with Gasteiger partial charge >= 0.3 is 5.97 Å². The molecule has 1 aliphatic heterocycles. The van der Waals surface area contributed by atoms with Gasteiger partial charge in [-0.3, -0.25) is 4.79 Å². The molecule has 0 saturated heterocycles. The van der Waals surface area contributed by atoms with Gasteiger partial charge in [0.2, 0.25) is 0 Å². The van der Waals surface area contributed by atoms with Gasteiger partial charge in [-0.25, -0.2) is 4.79 Å². The van der Waals surface area contributed by atoms with Gasteiger partial charge < -0.3 is 25.0 Å². The first-order valence-electron chi connectivity index (χ1n) is 8.31. The van der Waals surface area contributed by atoms with E-state index in [1.807, 2.05) is 0 Å². The van der Waals surface area contributed by atoms with Crippen LogP contribution in [0.25, 0.3) is 11.1 Å². The van der Waals surface area contributed by atoms with Gasteiger partial charge in [-0.1, -0.05) is 24.3 Å². The van der Waals surface area contributed by atoms with Gasteiger partial charge in [-0.05, 0) is 42.3 Å². The number of phenols is 2. The molecule has 2 aromatic carbocycles. The maximum absolute atomic E-state index is 12.9. The van der Waals surface area contributed by atoms with Crippen LogP contribution < -0.4 is 5.32 Å². The van der Waals surface area contributed by atoms with E-state index >= 15 is 0 Å². The third-order valence-corrected chi connectivity index (χ3v) is 4.26. The Morgan fingerprint density at radius 2 is 1.52 bits per heavy atom. The van der Waals surface area contributed by atoms with Crippen molar-refractivity contribution in [2.24, 2.45) is 0 Å². The predicted octanol–water partition coefficient (Wildman–Crippen LogP) is 2.04. The summed E-state index contributed by atoms with van der Waals surface area (Å²) in [6, 6.07) is 12.1. The molecule has 1 amide bonds. The van der Waals surface area contributed by atoms with Crippen LogP contribution in [-0.4, -0.2) is 41.5 Å². The second kappa shape index (κ2) is 7.13. The average molecular weight is 369 g/mol. The van der Waals surface area contributed by atoms with Crippen molar-refractivity contribution < 1.29 is 29.3 Å². The number of carbonyl (C=O) groups excluding carboxylic acids is 2. The molecule has 27 heavy (non-hydrogen) atoms. The first kappa shape index (κ1) is 18.5. The second-order valence-corrected chi connectivity index (χ2v) is 5.90.